The van der Waals surface area contributed by atoms with Crippen molar-refractivity contribution in [2.45, 2.75) is 45.8 Å². The lowest BCUT2D eigenvalue weighted by Crippen LogP contribution is -2.49. The summed E-state index contributed by atoms with van der Waals surface area (Å²) in [4.78, 5) is 25.6. The molecule has 2 aromatic heterocycles. The molecule has 31 heavy (non-hydrogen) atoms. The van der Waals surface area contributed by atoms with Gasteiger partial charge in [0.15, 0.2) is 5.13 Å². The van der Waals surface area contributed by atoms with Gasteiger partial charge in [0.25, 0.3) is 0 Å². The number of aromatic nitrogens is 2. The molecule has 164 valence electrons. The number of aryl methyl sites for hydroxylation is 1. The maximum absolute atomic E-state index is 12.3. The van der Waals surface area contributed by atoms with Crippen LogP contribution in [-0.4, -0.2) is 59.1 Å². The highest BCUT2D eigenvalue weighted by Crippen LogP contribution is 2.35. The molecule has 0 atom stereocenters. The number of hydrogen-bond acceptors (Lipinski definition) is 8. The molecule has 1 fully saturated rings. The Kier molecular flexibility index (Phi) is 6.23. The minimum Gasteiger partial charge on any atom is -0.370 e. The summed E-state index contributed by atoms with van der Waals surface area (Å²) in [5, 5.41) is 15.3. The van der Waals surface area contributed by atoms with Crippen molar-refractivity contribution < 1.29 is 9.53 Å². The molecule has 8 nitrogen and oxygen atoms in total. The van der Waals surface area contributed by atoms with E-state index in [4.69, 9.17) is 9.72 Å². The van der Waals surface area contributed by atoms with Gasteiger partial charge in [-0.05, 0) is 25.8 Å². The van der Waals surface area contributed by atoms with Crippen LogP contribution in [0, 0.1) is 11.3 Å². The van der Waals surface area contributed by atoms with Gasteiger partial charge in [-0.2, -0.15) is 5.26 Å². The molecule has 4 heterocycles. The molecule has 2 aliphatic rings. The second kappa shape index (κ2) is 8.91. The number of hydrogen-bond donors (Lipinski definition) is 1. The van der Waals surface area contributed by atoms with Crippen LogP contribution in [0.5, 0.6) is 0 Å². The topological polar surface area (TPSA) is 94.4 Å². The van der Waals surface area contributed by atoms with Crippen LogP contribution in [0.3, 0.4) is 0 Å². The van der Waals surface area contributed by atoms with E-state index in [1.54, 1.807) is 6.20 Å². The van der Waals surface area contributed by atoms with E-state index in [-0.39, 0.29) is 11.5 Å². The van der Waals surface area contributed by atoms with Crippen molar-refractivity contribution in [1.82, 2.24) is 14.9 Å². The number of nitrogens with one attached hydrogen (secondary N) is 1. The van der Waals surface area contributed by atoms with Gasteiger partial charge in [-0.15, -0.1) is 11.3 Å². The fourth-order valence-corrected chi connectivity index (χ4v) is 4.77. The smallest absolute Gasteiger partial charge is 0.240 e. The Morgan fingerprint density at radius 2 is 2.10 bits per heavy atom. The van der Waals surface area contributed by atoms with E-state index in [2.05, 4.69) is 46.9 Å². The molecule has 0 unspecified atom stereocenters. The molecular weight excluding hydrogens is 412 g/mol. The largest absolute Gasteiger partial charge is 0.370 e. The Morgan fingerprint density at radius 1 is 1.32 bits per heavy atom. The molecule has 0 saturated carbocycles. The Morgan fingerprint density at radius 3 is 2.74 bits per heavy atom. The molecule has 1 amide bonds. The van der Waals surface area contributed by atoms with Gasteiger partial charge in [-0.1, -0.05) is 6.92 Å². The van der Waals surface area contributed by atoms with Crippen molar-refractivity contribution in [3.05, 3.63) is 34.0 Å². The van der Waals surface area contributed by atoms with Gasteiger partial charge in [-0.3, -0.25) is 9.69 Å². The van der Waals surface area contributed by atoms with Crippen LogP contribution >= 0.6 is 11.3 Å². The van der Waals surface area contributed by atoms with Crippen LogP contribution in [0.25, 0.3) is 0 Å². The first kappa shape index (κ1) is 21.7. The third-order valence-electron chi connectivity index (χ3n) is 5.85. The summed E-state index contributed by atoms with van der Waals surface area (Å²) < 4.78 is 6.00. The van der Waals surface area contributed by atoms with Crippen molar-refractivity contribution >= 4 is 28.2 Å². The first-order valence-electron chi connectivity index (χ1n) is 10.7. The molecule has 0 aromatic carbocycles. The summed E-state index contributed by atoms with van der Waals surface area (Å²) in [7, 11) is 0. The Hall–Kier alpha value is -2.54. The third kappa shape index (κ3) is 4.71. The number of piperazine rings is 1. The fraction of sp³-hybridized carbons (Fsp3) is 0.545. The molecule has 0 spiro atoms. The number of carbonyl (C=O) groups is 1. The van der Waals surface area contributed by atoms with Crippen LogP contribution in [0.1, 0.15) is 43.2 Å². The van der Waals surface area contributed by atoms with E-state index >= 15 is 0 Å². The molecule has 4 rings (SSSR count). The SMILES string of the molecule is CCc1nc(N2CCN(CC(=O)Nc3nccs3)CC2)c(C#N)c2c1COC(C)(C)C2. The lowest BCUT2D eigenvalue weighted by molar-refractivity contribution is -0.117. The van der Waals surface area contributed by atoms with Gasteiger partial charge in [0, 0.05) is 55.4 Å². The van der Waals surface area contributed by atoms with Gasteiger partial charge in [0.1, 0.15) is 11.9 Å². The summed E-state index contributed by atoms with van der Waals surface area (Å²) in [5.41, 5.74) is 3.58. The van der Waals surface area contributed by atoms with E-state index in [1.807, 2.05) is 5.38 Å². The molecule has 0 aliphatic carbocycles. The van der Waals surface area contributed by atoms with Gasteiger partial charge in [0.05, 0.1) is 24.3 Å². The molecule has 2 aliphatic heterocycles. The second-order valence-corrected chi connectivity index (χ2v) is 9.45. The zero-order valence-electron chi connectivity index (χ0n) is 18.3. The first-order chi connectivity index (χ1) is 14.9. The summed E-state index contributed by atoms with van der Waals surface area (Å²) in [6.45, 7) is 10.0. The highest BCUT2D eigenvalue weighted by Gasteiger charge is 2.33. The van der Waals surface area contributed by atoms with Crippen LogP contribution < -0.4 is 10.2 Å². The van der Waals surface area contributed by atoms with E-state index in [1.165, 1.54) is 11.3 Å². The number of nitrogens with zero attached hydrogens (tertiary/aromatic N) is 5. The van der Waals surface area contributed by atoms with Crippen molar-refractivity contribution in [2.75, 3.05) is 42.9 Å². The van der Waals surface area contributed by atoms with Crippen molar-refractivity contribution in [3.63, 3.8) is 0 Å². The van der Waals surface area contributed by atoms with Crippen LogP contribution in [-0.2, 0) is 29.0 Å². The van der Waals surface area contributed by atoms with Crippen molar-refractivity contribution in [3.8, 4) is 6.07 Å². The maximum atomic E-state index is 12.3. The zero-order valence-corrected chi connectivity index (χ0v) is 19.1. The van der Waals surface area contributed by atoms with Crippen molar-refractivity contribution in [2.24, 2.45) is 0 Å². The standard InChI is InChI=1S/C22H28N6O2S/c1-4-18-17-14-30-22(2,3)11-15(17)16(12-23)20(25-18)28-8-6-27(7-9-28)13-19(29)26-21-24-5-10-31-21/h5,10H,4,6-9,11,13-14H2,1-3H3,(H,24,26,29). The monoisotopic (exact) mass is 440 g/mol. The summed E-state index contributed by atoms with van der Waals surface area (Å²) >= 11 is 1.41. The molecule has 0 bridgehead atoms. The molecule has 9 heteroatoms. The van der Waals surface area contributed by atoms with Crippen LogP contribution in [0.15, 0.2) is 11.6 Å². The predicted molar refractivity (Wildman–Crippen MR) is 120 cm³/mol. The van der Waals surface area contributed by atoms with E-state index in [9.17, 15) is 10.1 Å². The lowest BCUT2D eigenvalue weighted by atomic mass is 9.87. The number of pyridine rings is 1. The van der Waals surface area contributed by atoms with E-state index in [0.717, 1.165) is 55.2 Å². The Bertz CT molecular complexity index is 990. The van der Waals surface area contributed by atoms with Crippen LogP contribution in [0.2, 0.25) is 0 Å². The van der Waals surface area contributed by atoms with Gasteiger partial charge in [0.2, 0.25) is 5.91 Å². The number of anilines is 2. The van der Waals surface area contributed by atoms with Crippen molar-refractivity contribution in [1.29, 1.82) is 5.26 Å². The summed E-state index contributed by atoms with van der Waals surface area (Å²) in [5.74, 6) is 0.728. The fourth-order valence-electron chi connectivity index (χ4n) is 4.22. The van der Waals surface area contributed by atoms with Gasteiger partial charge in [-0.25, -0.2) is 9.97 Å². The zero-order chi connectivity index (χ0) is 22.0. The average Bonchev–Trinajstić information content (AvgIpc) is 3.25. The first-order valence-corrected chi connectivity index (χ1v) is 11.5. The van der Waals surface area contributed by atoms with Crippen LogP contribution in [0.4, 0.5) is 10.9 Å². The number of nitriles is 1. The highest BCUT2D eigenvalue weighted by atomic mass is 32.1. The quantitative estimate of drug-likeness (QED) is 0.764. The molecular formula is C22H28N6O2S. The maximum Gasteiger partial charge on any atom is 0.240 e. The number of fused-ring (bicyclic) bond motifs is 1. The molecule has 2 aromatic rings. The number of thiazole rings is 1. The third-order valence-corrected chi connectivity index (χ3v) is 6.54. The highest BCUT2D eigenvalue weighted by molar-refractivity contribution is 7.13. The molecule has 0 radical (unpaired) electrons. The number of carbonyl (C=O) groups excluding carboxylic acids is 1. The minimum atomic E-state index is -0.286. The Labute approximate surface area is 186 Å². The number of amides is 1. The van der Waals surface area contributed by atoms with E-state index in [0.29, 0.717) is 30.3 Å². The predicted octanol–water partition coefficient (Wildman–Crippen LogP) is 2.58. The second-order valence-electron chi connectivity index (χ2n) is 8.55. The Balaban J connectivity index is 1.48. The summed E-state index contributed by atoms with van der Waals surface area (Å²) in [6, 6.07) is 2.44. The average molecular weight is 441 g/mol. The normalized spacial score (nSPS) is 18.3. The minimum absolute atomic E-state index is 0.0523. The number of rotatable bonds is 5. The van der Waals surface area contributed by atoms with Gasteiger partial charge < -0.3 is 15.0 Å². The summed E-state index contributed by atoms with van der Waals surface area (Å²) in [6.07, 6.45) is 3.20. The molecule has 1 saturated heterocycles. The molecule has 1 N–H and O–H groups in total. The van der Waals surface area contributed by atoms with Gasteiger partial charge >= 0.3 is 0 Å². The van der Waals surface area contributed by atoms with E-state index < -0.39 is 0 Å². The number of ether oxygens (including phenoxy) is 1. The lowest BCUT2D eigenvalue weighted by Gasteiger charge is -2.38.